The van der Waals surface area contributed by atoms with Crippen LogP contribution in [0.15, 0.2) is 53.2 Å². The maximum Gasteiger partial charge on any atom is 0.252 e. The molecule has 2 atom stereocenters. The zero-order valence-electron chi connectivity index (χ0n) is 20.6. The van der Waals surface area contributed by atoms with Gasteiger partial charge in [0.1, 0.15) is 22.9 Å². The van der Waals surface area contributed by atoms with Gasteiger partial charge in [-0.1, -0.05) is 18.1 Å². The number of halogens is 2. The number of aliphatic imine (C=N–C) groups is 1. The molecular formula is C29H27F2N3O3. The minimum absolute atomic E-state index is 0.101. The molecule has 6 nitrogen and oxygen atoms in total. The minimum atomic E-state index is -1.22. The molecule has 0 bridgehead atoms. The monoisotopic (exact) mass is 503 g/mol. The van der Waals surface area contributed by atoms with E-state index in [4.69, 9.17) is 4.99 Å². The van der Waals surface area contributed by atoms with E-state index in [-0.39, 0.29) is 23.8 Å². The molecule has 0 saturated heterocycles. The zero-order valence-corrected chi connectivity index (χ0v) is 20.6. The molecule has 1 fully saturated rings. The van der Waals surface area contributed by atoms with Crippen molar-refractivity contribution >= 4 is 18.0 Å². The Kier molecular flexibility index (Phi) is 6.20. The summed E-state index contributed by atoms with van der Waals surface area (Å²) >= 11 is 0. The molecule has 2 aliphatic heterocycles. The summed E-state index contributed by atoms with van der Waals surface area (Å²) in [7, 11) is 0. The second kappa shape index (κ2) is 9.24. The van der Waals surface area contributed by atoms with E-state index in [0.717, 1.165) is 30.0 Å². The second-order valence-electron chi connectivity index (χ2n) is 10.4. The Morgan fingerprint density at radius 3 is 2.62 bits per heavy atom. The third-order valence-corrected chi connectivity index (χ3v) is 6.95. The summed E-state index contributed by atoms with van der Waals surface area (Å²) in [5.74, 6) is 3.80. The first-order chi connectivity index (χ1) is 17.6. The normalized spacial score (nSPS) is 20.1. The van der Waals surface area contributed by atoms with E-state index < -0.39 is 23.3 Å². The van der Waals surface area contributed by atoms with Gasteiger partial charge in [0.05, 0.1) is 11.6 Å². The van der Waals surface area contributed by atoms with Crippen LogP contribution in [0.2, 0.25) is 0 Å². The summed E-state index contributed by atoms with van der Waals surface area (Å²) in [6.07, 6.45) is 4.81. The predicted molar refractivity (Wildman–Crippen MR) is 135 cm³/mol. The number of aliphatic hydroxyl groups is 1. The Hall–Kier alpha value is -3.83. The number of carbonyl (C=O) groups excluding carboxylic acids is 2. The molecule has 2 unspecified atom stereocenters. The van der Waals surface area contributed by atoms with Gasteiger partial charge in [-0.05, 0) is 86.4 Å². The first kappa shape index (κ1) is 24.8. The van der Waals surface area contributed by atoms with Crippen molar-refractivity contribution in [3.63, 3.8) is 0 Å². The van der Waals surface area contributed by atoms with Crippen molar-refractivity contribution in [1.29, 1.82) is 0 Å². The van der Waals surface area contributed by atoms with Gasteiger partial charge >= 0.3 is 0 Å². The number of hydrogen-bond acceptors (Lipinski definition) is 4. The highest BCUT2D eigenvalue weighted by molar-refractivity contribution is 6.02. The lowest BCUT2D eigenvalue weighted by atomic mass is 9.82. The summed E-state index contributed by atoms with van der Waals surface area (Å²) in [5.41, 5.74) is 2.36. The maximum atomic E-state index is 13.9. The van der Waals surface area contributed by atoms with E-state index in [1.807, 2.05) is 24.3 Å². The summed E-state index contributed by atoms with van der Waals surface area (Å²) in [4.78, 5) is 29.0. The van der Waals surface area contributed by atoms with Gasteiger partial charge in [0, 0.05) is 23.3 Å². The SMILES string of the molecule is CC(C)(O)C#CC1=CCC(c2ccc3c(c2)C(=O)NC32CC2)C(C(Cc2cc(F)cc(F)c2)NC=O)=N1. The average molecular weight is 504 g/mol. The van der Waals surface area contributed by atoms with Crippen molar-refractivity contribution in [2.24, 2.45) is 4.99 Å². The van der Waals surface area contributed by atoms with E-state index in [2.05, 4.69) is 22.5 Å². The van der Waals surface area contributed by atoms with Gasteiger partial charge in [0.25, 0.3) is 5.91 Å². The number of amides is 2. The number of rotatable bonds is 6. The highest BCUT2D eigenvalue weighted by atomic mass is 19.1. The van der Waals surface area contributed by atoms with E-state index in [1.54, 1.807) is 13.8 Å². The lowest BCUT2D eigenvalue weighted by Gasteiger charge is -2.29. The fourth-order valence-corrected chi connectivity index (χ4v) is 5.09. The highest BCUT2D eigenvalue weighted by Gasteiger charge is 2.52. The molecule has 1 aliphatic carbocycles. The Labute approximate surface area is 213 Å². The van der Waals surface area contributed by atoms with Crippen LogP contribution in [-0.4, -0.2) is 34.8 Å². The molecule has 0 radical (unpaired) electrons. The highest BCUT2D eigenvalue weighted by Crippen LogP contribution is 2.50. The molecule has 3 aliphatic rings. The molecule has 37 heavy (non-hydrogen) atoms. The Bertz CT molecular complexity index is 1390. The quantitative estimate of drug-likeness (QED) is 0.415. The third-order valence-electron chi connectivity index (χ3n) is 6.95. The van der Waals surface area contributed by atoms with Crippen molar-refractivity contribution < 1.29 is 23.5 Å². The Morgan fingerprint density at radius 1 is 1.24 bits per heavy atom. The number of allylic oxidation sites excluding steroid dienone is 2. The molecule has 0 aromatic heterocycles. The minimum Gasteiger partial charge on any atom is -0.378 e. The molecule has 5 rings (SSSR count). The number of nitrogens with zero attached hydrogens (tertiary/aromatic N) is 1. The van der Waals surface area contributed by atoms with Gasteiger partial charge < -0.3 is 15.7 Å². The summed E-state index contributed by atoms with van der Waals surface area (Å²) < 4.78 is 27.8. The molecular weight excluding hydrogens is 476 g/mol. The van der Waals surface area contributed by atoms with Crippen molar-refractivity contribution in [2.45, 2.75) is 62.6 Å². The Morgan fingerprint density at radius 2 is 1.97 bits per heavy atom. The van der Waals surface area contributed by atoms with Gasteiger partial charge in [-0.15, -0.1) is 0 Å². The zero-order chi connectivity index (χ0) is 26.4. The average Bonchev–Trinajstić information content (AvgIpc) is 3.55. The fourth-order valence-electron chi connectivity index (χ4n) is 5.09. The van der Waals surface area contributed by atoms with E-state index in [0.29, 0.717) is 35.4 Å². The lowest BCUT2D eigenvalue weighted by molar-refractivity contribution is -0.109. The first-order valence-electron chi connectivity index (χ1n) is 12.2. The summed E-state index contributed by atoms with van der Waals surface area (Å²) in [6.45, 7) is 3.13. The van der Waals surface area contributed by atoms with Crippen LogP contribution in [0, 0.1) is 23.5 Å². The number of nitrogens with one attached hydrogen (secondary N) is 2. The molecule has 2 amide bonds. The number of hydrogen-bond donors (Lipinski definition) is 3. The number of carbonyl (C=O) groups is 2. The van der Waals surface area contributed by atoms with Crippen LogP contribution in [0.5, 0.6) is 0 Å². The summed E-state index contributed by atoms with van der Waals surface area (Å²) in [6, 6.07) is 8.38. The third kappa shape index (κ3) is 5.18. The summed E-state index contributed by atoms with van der Waals surface area (Å²) in [5, 5.41) is 15.9. The van der Waals surface area contributed by atoms with Gasteiger partial charge in [-0.3, -0.25) is 9.59 Å². The lowest BCUT2D eigenvalue weighted by Crippen LogP contribution is -2.41. The van der Waals surface area contributed by atoms with E-state index >= 15 is 0 Å². The van der Waals surface area contributed by atoms with Crippen LogP contribution in [0.4, 0.5) is 8.78 Å². The van der Waals surface area contributed by atoms with Gasteiger partial charge in [-0.2, -0.15) is 0 Å². The predicted octanol–water partition coefficient (Wildman–Crippen LogP) is 3.64. The Balaban J connectivity index is 1.55. The smallest absolute Gasteiger partial charge is 0.252 e. The van der Waals surface area contributed by atoms with Crippen LogP contribution in [-0.2, 0) is 16.8 Å². The number of fused-ring (bicyclic) bond motifs is 2. The van der Waals surface area contributed by atoms with Gasteiger partial charge in [0.15, 0.2) is 0 Å². The van der Waals surface area contributed by atoms with Crippen LogP contribution in [0.1, 0.15) is 66.1 Å². The van der Waals surface area contributed by atoms with Crippen molar-refractivity contribution in [3.8, 4) is 11.8 Å². The maximum absolute atomic E-state index is 13.9. The van der Waals surface area contributed by atoms with Crippen LogP contribution < -0.4 is 10.6 Å². The molecule has 2 aromatic carbocycles. The van der Waals surface area contributed by atoms with Crippen LogP contribution in [0.25, 0.3) is 0 Å². The molecule has 2 aromatic rings. The van der Waals surface area contributed by atoms with Crippen LogP contribution in [0.3, 0.4) is 0 Å². The molecule has 1 saturated carbocycles. The van der Waals surface area contributed by atoms with Crippen LogP contribution >= 0.6 is 0 Å². The molecule has 8 heteroatoms. The molecule has 1 spiro atoms. The molecule has 3 N–H and O–H groups in total. The first-order valence-corrected chi connectivity index (χ1v) is 12.2. The van der Waals surface area contributed by atoms with Crippen molar-refractivity contribution in [3.05, 3.63) is 82.1 Å². The van der Waals surface area contributed by atoms with Gasteiger partial charge in [0.2, 0.25) is 6.41 Å². The van der Waals surface area contributed by atoms with Crippen molar-refractivity contribution in [2.75, 3.05) is 0 Å². The topological polar surface area (TPSA) is 90.8 Å². The number of benzene rings is 2. The molecule has 190 valence electrons. The molecule has 2 heterocycles. The fraction of sp³-hybridized carbons (Fsp3) is 0.345. The largest absolute Gasteiger partial charge is 0.378 e. The standard InChI is InChI=1S/C29H27F2N3O3/c1-28(2,37)8-7-21-4-5-22(18-3-6-24-23(14-18)27(36)34-29(24)9-10-29)26(33-21)25(32-16-35)13-17-11-19(30)15-20(31)12-17/h3-4,6,11-12,14-16,22,25,37H,5,9-10,13H2,1-2H3,(H,32,35)(H,34,36). The van der Waals surface area contributed by atoms with E-state index in [9.17, 15) is 23.5 Å². The van der Waals surface area contributed by atoms with Crippen molar-refractivity contribution in [1.82, 2.24) is 10.6 Å². The second-order valence-corrected chi connectivity index (χ2v) is 10.4. The van der Waals surface area contributed by atoms with E-state index in [1.165, 1.54) is 12.1 Å². The van der Waals surface area contributed by atoms with Gasteiger partial charge in [-0.25, -0.2) is 13.8 Å².